The van der Waals surface area contributed by atoms with Gasteiger partial charge in [0.25, 0.3) is 5.91 Å². The third kappa shape index (κ3) is 5.28. The highest BCUT2D eigenvalue weighted by Crippen LogP contribution is 2.21. The van der Waals surface area contributed by atoms with E-state index in [0.717, 1.165) is 0 Å². The molecule has 0 aromatic heterocycles. The van der Waals surface area contributed by atoms with Crippen LogP contribution in [0.1, 0.15) is 15.9 Å². The highest BCUT2D eigenvalue weighted by molar-refractivity contribution is 6.31. The van der Waals surface area contributed by atoms with E-state index in [1.165, 1.54) is 12.1 Å². The maximum Gasteiger partial charge on any atom is 0.259 e. The molecule has 0 unspecified atom stereocenters. The number of rotatable bonds is 8. The third-order valence-corrected chi connectivity index (χ3v) is 3.98. The molecule has 2 aromatic carbocycles. The molecule has 0 bridgehead atoms. The molecule has 26 heavy (non-hydrogen) atoms. The minimum Gasteiger partial charge on any atom is -0.394 e. The second-order valence-corrected chi connectivity index (χ2v) is 6.07. The molecule has 0 saturated carbocycles. The number of para-hydroxylation sites is 1. The Bertz CT molecular complexity index is 777. The van der Waals surface area contributed by atoms with E-state index in [4.69, 9.17) is 16.7 Å². The van der Waals surface area contributed by atoms with Gasteiger partial charge in [-0.25, -0.2) is 0 Å². The number of hydrogen-bond donors (Lipinski definition) is 3. The van der Waals surface area contributed by atoms with E-state index >= 15 is 0 Å². The fraction of sp³-hybridized carbons (Fsp3) is 0.263. The van der Waals surface area contributed by atoms with Crippen molar-refractivity contribution in [2.75, 3.05) is 31.1 Å². The SMILES string of the molecule is N#Cc1ccc(Cl)cc1C(=O)N(CCNC[C@@H](O)CO)c1ccccc1. The lowest BCUT2D eigenvalue weighted by Gasteiger charge is -2.24. The largest absolute Gasteiger partial charge is 0.394 e. The number of nitriles is 1. The molecule has 2 aromatic rings. The molecule has 7 heteroatoms. The average Bonchev–Trinajstić information content (AvgIpc) is 2.68. The van der Waals surface area contributed by atoms with Gasteiger partial charge in [0.2, 0.25) is 0 Å². The summed E-state index contributed by atoms with van der Waals surface area (Å²) in [7, 11) is 0. The van der Waals surface area contributed by atoms with Gasteiger partial charge in [0, 0.05) is 30.3 Å². The number of carbonyl (C=O) groups is 1. The molecular weight excluding hydrogens is 354 g/mol. The van der Waals surface area contributed by atoms with Crippen LogP contribution >= 0.6 is 11.6 Å². The predicted octanol–water partition coefficient (Wildman–Crippen LogP) is 1.80. The summed E-state index contributed by atoms with van der Waals surface area (Å²) < 4.78 is 0. The quantitative estimate of drug-likeness (QED) is 0.613. The molecule has 0 aliphatic heterocycles. The van der Waals surface area contributed by atoms with E-state index in [2.05, 4.69) is 5.32 Å². The van der Waals surface area contributed by atoms with Crippen LogP contribution in [0.4, 0.5) is 5.69 Å². The molecule has 0 heterocycles. The lowest BCUT2D eigenvalue weighted by atomic mass is 10.1. The Morgan fingerprint density at radius 3 is 2.65 bits per heavy atom. The summed E-state index contributed by atoms with van der Waals surface area (Å²) in [6.07, 6.45) is -0.853. The standard InChI is InChI=1S/C19H20ClN3O3/c20-15-7-6-14(11-21)18(10-15)19(26)23(16-4-2-1-3-5-16)9-8-22-12-17(25)13-24/h1-7,10,17,22,24-25H,8-9,12-13H2/t17-/m1/s1. The van der Waals surface area contributed by atoms with Crippen LogP contribution in [-0.2, 0) is 0 Å². The fourth-order valence-electron chi connectivity index (χ4n) is 2.42. The Kier molecular flexibility index (Phi) is 7.57. The van der Waals surface area contributed by atoms with Crippen LogP contribution in [0.5, 0.6) is 0 Å². The maximum atomic E-state index is 13.1. The Balaban J connectivity index is 2.23. The molecule has 0 fully saturated rings. The van der Waals surface area contributed by atoms with Crippen molar-refractivity contribution >= 4 is 23.2 Å². The van der Waals surface area contributed by atoms with Crippen molar-refractivity contribution in [1.29, 1.82) is 5.26 Å². The first-order chi connectivity index (χ1) is 12.6. The minimum absolute atomic E-state index is 0.216. The van der Waals surface area contributed by atoms with Gasteiger partial charge in [-0.15, -0.1) is 0 Å². The second kappa shape index (κ2) is 9.90. The van der Waals surface area contributed by atoms with E-state index in [-0.39, 0.29) is 30.2 Å². The van der Waals surface area contributed by atoms with E-state index < -0.39 is 6.10 Å². The van der Waals surface area contributed by atoms with Crippen LogP contribution in [0.3, 0.4) is 0 Å². The topological polar surface area (TPSA) is 96.6 Å². The molecular formula is C19H20ClN3O3. The van der Waals surface area contributed by atoms with Gasteiger partial charge in [-0.05, 0) is 30.3 Å². The maximum absolute atomic E-state index is 13.1. The van der Waals surface area contributed by atoms with Crippen molar-refractivity contribution < 1.29 is 15.0 Å². The summed E-state index contributed by atoms with van der Waals surface area (Å²) in [5.41, 5.74) is 1.18. The van der Waals surface area contributed by atoms with Crippen molar-refractivity contribution in [2.45, 2.75) is 6.10 Å². The molecule has 1 atom stereocenters. The minimum atomic E-state index is -0.853. The zero-order valence-corrected chi connectivity index (χ0v) is 14.9. The monoisotopic (exact) mass is 373 g/mol. The first-order valence-corrected chi connectivity index (χ1v) is 8.50. The van der Waals surface area contributed by atoms with Crippen LogP contribution in [-0.4, -0.2) is 48.5 Å². The van der Waals surface area contributed by atoms with Crippen molar-refractivity contribution in [1.82, 2.24) is 5.32 Å². The smallest absolute Gasteiger partial charge is 0.259 e. The number of amides is 1. The summed E-state index contributed by atoms with van der Waals surface area (Å²) in [6, 6.07) is 15.7. The van der Waals surface area contributed by atoms with E-state index in [9.17, 15) is 15.2 Å². The van der Waals surface area contributed by atoms with Gasteiger partial charge in [-0.1, -0.05) is 29.8 Å². The van der Waals surface area contributed by atoms with Crippen LogP contribution < -0.4 is 10.2 Å². The molecule has 136 valence electrons. The summed E-state index contributed by atoms with van der Waals surface area (Å²) in [4.78, 5) is 14.6. The number of nitrogens with zero attached hydrogens (tertiary/aromatic N) is 2. The normalized spacial score (nSPS) is 11.6. The predicted molar refractivity (Wildman–Crippen MR) is 100 cm³/mol. The molecule has 0 spiro atoms. The number of nitrogens with one attached hydrogen (secondary N) is 1. The summed E-state index contributed by atoms with van der Waals surface area (Å²) in [5.74, 6) is -0.334. The molecule has 2 rings (SSSR count). The number of carbonyl (C=O) groups excluding carboxylic acids is 1. The zero-order valence-electron chi connectivity index (χ0n) is 14.1. The van der Waals surface area contributed by atoms with Crippen LogP contribution in [0.15, 0.2) is 48.5 Å². The number of aliphatic hydroxyl groups is 2. The number of aliphatic hydroxyl groups excluding tert-OH is 2. The molecule has 3 N–H and O–H groups in total. The van der Waals surface area contributed by atoms with Gasteiger partial charge in [-0.2, -0.15) is 5.26 Å². The van der Waals surface area contributed by atoms with Crippen molar-refractivity contribution in [3.05, 3.63) is 64.7 Å². The summed E-state index contributed by atoms with van der Waals surface area (Å²) in [5, 5.41) is 30.9. The van der Waals surface area contributed by atoms with Crippen LogP contribution in [0.25, 0.3) is 0 Å². The van der Waals surface area contributed by atoms with Crippen LogP contribution in [0.2, 0.25) is 5.02 Å². The first-order valence-electron chi connectivity index (χ1n) is 8.13. The molecule has 0 aliphatic rings. The zero-order chi connectivity index (χ0) is 18.9. The fourth-order valence-corrected chi connectivity index (χ4v) is 2.59. The van der Waals surface area contributed by atoms with Gasteiger partial charge >= 0.3 is 0 Å². The third-order valence-electron chi connectivity index (χ3n) is 3.75. The Morgan fingerprint density at radius 1 is 1.27 bits per heavy atom. The summed E-state index contributed by atoms with van der Waals surface area (Å²) >= 11 is 6.00. The molecule has 0 saturated heterocycles. The van der Waals surface area contributed by atoms with Gasteiger partial charge < -0.3 is 20.4 Å². The van der Waals surface area contributed by atoms with Crippen molar-refractivity contribution in [2.24, 2.45) is 0 Å². The van der Waals surface area contributed by atoms with Gasteiger partial charge in [0.05, 0.1) is 29.9 Å². The van der Waals surface area contributed by atoms with E-state index in [0.29, 0.717) is 23.8 Å². The number of benzene rings is 2. The molecule has 1 amide bonds. The Morgan fingerprint density at radius 2 is 2.00 bits per heavy atom. The number of anilines is 1. The average molecular weight is 374 g/mol. The summed E-state index contributed by atoms with van der Waals surface area (Å²) in [6.45, 7) is 0.606. The van der Waals surface area contributed by atoms with Gasteiger partial charge in [0.1, 0.15) is 0 Å². The van der Waals surface area contributed by atoms with Crippen molar-refractivity contribution in [3.8, 4) is 6.07 Å². The van der Waals surface area contributed by atoms with Gasteiger partial charge in [0.15, 0.2) is 0 Å². The number of halogens is 1. The molecule has 6 nitrogen and oxygen atoms in total. The van der Waals surface area contributed by atoms with E-state index in [1.54, 1.807) is 23.1 Å². The Hall–Kier alpha value is -2.43. The second-order valence-electron chi connectivity index (χ2n) is 5.63. The van der Waals surface area contributed by atoms with E-state index in [1.807, 2.05) is 24.3 Å². The molecule has 0 aliphatic carbocycles. The van der Waals surface area contributed by atoms with Crippen molar-refractivity contribution in [3.63, 3.8) is 0 Å². The number of hydrogen-bond acceptors (Lipinski definition) is 5. The Labute approximate surface area is 157 Å². The lowest BCUT2D eigenvalue weighted by Crippen LogP contribution is -2.39. The van der Waals surface area contributed by atoms with Gasteiger partial charge in [-0.3, -0.25) is 4.79 Å². The highest BCUT2D eigenvalue weighted by Gasteiger charge is 2.21. The molecule has 0 radical (unpaired) electrons. The first kappa shape index (κ1) is 19.9. The highest BCUT2D eigenvalue weighted by atomic mass is 35.5. The van der Waals surface area contributed by atoms with Crippen LogP contribution in [0, 0.1) is 11.3 Å². The lowest BCUT2D eigenvalue weighted by molar-refractivity contribution is 0.0942.